The van der Waals surface area contributed by atoms with Gasteiger partial charge >= 0.3 is 0 Å². The van der Waals surface area contributed by atoms with Gasteiger partial charge in [0.1, 0.15) is 18.4 Å². The van der Waals surface area contributed by atoms with E-state index in [0.717, 1.165) is 18.7 Å². The first-order chi connectivity index (χ1) is 11.7. The molecule has 0 aromatic heterocycles. The number of halogens is 1. The zero-order valence-corrected chi connectivity index (χ0v) is 17.0. The van der Waals surface area contributed by atoms with Crippen molar-refractivity contribution >= 4 is 35.8 Å². The van der Waals surface area contributed by atoms with E-state index in [9.17, 15) is 4.79 Å². The number of nitrogens with zero attached hydrogens (tertiary/aromatic N) is 1. The molecule has 1 aromatic carbocycles. The van der Waals surface area contributed by atoms with Crippen LogP contribution >= 0.6 is 24.0 Å². The van der Waals surface area contributed by atoms with Crippen LogP contribution in [0.25, 0.3) is 0 Å². The highest BCUT2D eigenvalue weighted by Gasteiger charge is 2.22. The van der Waals surface area contributed by atoms with Crippen molar-refractivity contribution < 1.29 is 14.3 Å². The fraction of sp³-hybridized carbons (Fsp3) is 0.529. The Labute approximate surface area is 166 Å². The van der Waals surface area contributed by atoms with Crippen LogP contribution in [0, 0.1) is 0 Å². The number of benzene rings is 1. The van der Waals surface area contributed by atoms with Crippen LogP contribution in [0.3, 0.4) is 0 Å². The predicted octanol–water partition coefficient (Wildman–Crippen LogP) is 0.926. The van der Waals surface area contributed by atoms with Crippen LogP contribution in [0.15, 0.2) is 29.3 Å². The number of hydrogen-bond donors (Lipinski definition) is 3. The van der Waals surface area contributed by atoms with Gasteiger partial charge in [-0.25, -0.2) is 4.99 Å². The number of fused-ring (bicyclic) bond motifs is 1. The van der Waals surface area contributed by atoms with Gasteiger partial charge in [-0.15, -0.1) is 24.0 Å². The second-order valence-electron chi connectivity index (χ2n) is 5.47. The molecule has 140 valence electrons. The van der Waals surface area contributed by atoms with Crippen LogP contribution in [0.5, 0.6) is 5.75 Å². The van der Waals surface area contributed by atoms with Gasteiger partial charge in [0, 0.05) is 26.6 Å². The first-order valence-corrected chi connectivity index (χ1v) is 8.25. The summed E-state index contributed by atoms with van der Waals surface area (Å²) in [6, 6.07) is 8.06. The van der Waals surface area contributed by atoms with Gasteiger partial charge < -0.3 is 25.4 Å². The highest BCUT2D eigenvalue weighted by Crippen LogP contribution is 2.27. The van der Waals surface area contributed by atoms with Crippen LogP contribution in [0.1, 0.15) is 12.5 Å². The minimum Gasteiger partial charge on any atom is -0.488 e. The number of para-hydroxylation sites is 1. The van der Waals surface area contributed by atoms with Crippen LogP contribution in [-0.4, -0.2) is 57.9 Å². The molecule has 0 fully saturated rings. The summed E-state index contributed by atoms with van der Waals surface area (Å²) < 4.78 is 10.8. The number of ether oxygens (including phenoxy) is 2. The van der Waals surface area contributed by atoms with Gasteiger partial charge in [-0.1, -0.05) is 18.2 Å². The van der Waals surface area contributed by atoms with E-state index in [1.54, 1.807) is 7.11 Å². The van der Waals surface area contributed by atoms with E-state index in [4.69, 9.17) is 9.47 Å². The van der Waals surface area contributed by atoms with Crippen molar-refractivity contribution in [2.75, 3.05) is 39.9 Å². The maximum absolute atomic E-state index is 11.7. The van der Waals surface area contributed by atoms with Gasteiger partial charge in [-0.05, 0) is 18.6 Å². The van der Waals surface area contributed by atoms with Crippen LogP contribution in [0.2, 0.25) is 0 Å². The third-order valence-electron chi connectivity index (χ3n) is 3.56. The number of guanidine groups is 1. The molecule has 1 heterocycles. The van der Waals surface area contributed by atoms with Crippen molar-refractivity contribution in [2.45, 2.75) is 19.4 Å². The first-order valence-electron chi connectivity index (χ1n) is 8.25. The number of nitrogens with one attached hydrogen (secondary N) is 3. The second kappa shape index (κ2) is 11.9. The molecule has 7 nitrogen and oxygen atoms in total. The Morgan fingerprint density at radius 2 is 2.12 bits per heavy atom. The fourth-order valence-electron chi connectivity index (χ4n) is 2.42. The summed E-state index contributed by atoms with van der Waals surface area (Å²) in [6.45, 7) is 4.40. The lowest BCUT2D eigenvalue weighted by Gasteiger charge is -2.15. The van der Waals surface area contributed by atoms with E-state index in [2.05, 4.69) is 27.0 Å². The number of carbonyl (C=O) groups excluding carboxylic acids is 1. The van der Waals surface area contributed by atoms with Crippen LogP contribution in [-0.2, 0) is 16.0 Å². The summed E-state index contributed by atoms with van der Waals surface area (Å²) in [5.41, 5.74) is 1.23. The second-order valence-corrected chi connectivity index (χ2v) is 5.47. The minimum absolute atomic E-state index is 0. The van der Waals surface area contributed by atoms with E-state index >= 15 is 0 Å². The van der Waals surface area contributed by atoms with Gasteiger partial charge in [0.15, 0.2) is 5.96 Å². The number of carbonyl (C=O) groups is 1. The normalized spacial score (nSPS) is 15.6. The summed E-state index contributed by atoms with van der Waals surface area (Å²) in [5, 5.41) is 9.10. The van der Waals surface area contributed by atoms with Crippen molar-refractivity contribution in [3.05, 3.63) is 29.8 Å². The minimum atomic E-state index is -0.131. The van der Waals surface area contributed by atoms with Crippen LogP contribution in [0.4, 0.5) is 0 Å². The Morgan fingerprint density at radius 1 is 1.32 bits per heavy atom. The molecular weight excluding hydrogens is 435 g/mol. The Kier molecular flexibility index (Phi) is 10.2. The molecule has 1 aromatic rings. The molecule has 1 amide bonds. The smallest absolute Gasteiger partial charge is 0.241 e. The SMILES string of the molecule is CCNC(=NCC(=O)NCCOC)NCC1Cc2ccccc2O1.I. The Bertz CT molecular complexity index is 544. The zero-order chi connectivity index (χ0) is 17.2. The van der Waals surface area contributed by atoms with Gasteiger partial charge in [-0.3, -0.25) is 4.79 Å². The van der Waals surface area contributed by atoms with Gasteiger partial charge in [-0.2, -0.15) is 0 Å². The lowest BCUT2D eigenvalue weighted by atomic mass is 10.1. The number of amides is 1. The van der Waals surface area contributed by atoms with E-state index in [-0.39, 0.29) is 42.5 Å². The van der Waals surface area contributed by atoms with E-state index in [0.29, 0.717) is 25.7 Å². The zero-order valence-electron chi connectivity index (χ0n) is 14.7. The molecule has 25 heavy (non-hydrogen) atoms. The predicted molar refractivity (Wildman–Crippen MR) is 109 cm³/mol. The monoisotopic (exact) mass is 462 g/mol. The summed E-state index contributed by atoms with van der Waals surface area (Å²) in [7, 11) is 1.60. The molecule has 0 saturated carbocycles. The third kappa shape index (κ3) is 7.47. The van der Waals surface area contributed by atoms with Gasteiger partial charge in [0.05, 0.1) is 13.2 Å². The van der Waals surface area contributed by atoms with Crippen molar-refractivity contribution in [2.24, 2.45) is 4.99 Å². The Morgan fingerprint density at radius 3 is 2.84 bits per heavy atom. The van der Waals surface area contributed by atoms with Gasteiger partial charge in [0.25, 0.3) is 0 Å². The summed E-state index contributed by atoms with van der Waals surface area (Å²) in [6.07, 6.45) is 0.946. The molecule has 1 aliphatic heterocycles. The molecule has 0 saturated heterocycles. The maximum atomic E-state index is 11.7. The molecule has 3 N–H and O–H groups in total. The largest absolute Gasteiger partial charge is 0.488 e. The number of aliphatic imine (C=N–C) groups is 1. The molecule has 1 unspecified atom stereocenters. The quantitative estimate of drug-likeness (QED) is 0.232. The molecule has 1 aliphatic rings. The van der Waals surface area contributed by atoms with E-state index < -0.39 is 0 Å². The molecule has 0 aliphatic carbocycles. The van der Waals surface area contributed by atoms with Crippen molar-refractivity contribution in [1.29, 1.82) is 0 Å². The van der Waals surface area contributed by atoms with E-state index in [1.807, 2.05) is 25.1 Å². The third-order valence-corrected chi connectivity index (χ3v) is 3.56. The van der Waals surface area contributed by atoms with Crippen molar-refractivity contribution in [3.63, 3.8) is 0 Å². The standard InChI is InChI=1S/C17H26N4O3.HI/c1-3-18-17(21-12-16(22)19-8-9-23-2)20-11-14-10-13-6-4-5-7-15(13)24-14;/h4-7,14H,3,8-12H2,1-2H3,(H,19,22)(H2,18,20,21);1H. The summed E-state index contributed by atoms with van der Waals surface area (Å²) in [5.74, 6) is 1.43. The average Bonchev–Trinajstić information content (AvgIpc) is 3.00. The molecule has 2 rings (SSSR count). The fourth-order valence-corrected chi connectivity index (χ4v) is 2.42. The van der Waals surface area contributed by atoms with Crippen molar-refractivity contribution in [1.82, 2.24) is 16.0 Å². The summed E-state index contributed by atoms with van der Waals surface area (Å²) >= 11 is 0. The topological polar surface area (TPSA) is 84.0 Å². The highest BCUT2D eigenvalue weighted by atomic mass is 127. The number of rotatable bonds is 8. The molecule has 0 spiro atoms. The highest BCUT2D eigenvalue weighted by molar-refractivity contribution is 14.0. The molecule has 1 atom stereocenters. The summed E-state index contributed by atoms with van der Waals surface area (Å²) in [4.78, 5) is 16.0. The Hall–Kier alpha value is -1.55. The number of methoxy groups -OCH3 is 1. The molecule has 0 radical (unpaired) electrons. The molecule has 0 bridgehead atoms. The molecule has 8 heteroatoms. The first kappa shape index (κ1) is 21.5. The Balaban J connectivity index is 0.00000312. The molecular formula is C17H27IN4O3. The van der Waals surface area contributed by atoms with E-state index in [1.165, 1.54) is 5.56 Å². The van der Waals surface area contributed by atoms with Crippen LogP contribution < -0.4 is 20.7 Å². The van der Waals surface area contributed by atoms with Gasteiger partial charge in [0.2, 0.25) is 5.91 Å². The lowest BCUT2D eigenvalue weighted by Crippen LogP contribution is -2.43. The lowest BCUT2D eigenvalue weighted by molar-refractivity contribution is -0.119. The van der Waals surface area contributed by atoms with Crippen molar-refractivity contribution in [3.8, 4) is 5.75 Å². The number of hydrogen-bond acceptors (Lipinski definition) is 4. The maximum Gasteiger partial charge on any atom is 0.241 e. The average molecular weight is 462 g/mol.